The van der Waals surface area contributed by atoms with Gasteiger partial charge in [0.15, 0.2) is 5.82 Å². The maximum absolute atomic E-state index is 6.11. The molecule has 2 unspecified atom stereocenters. The second-order valence-corrected chi connectivity index (χ2v) is 9.79. The third-order valence-electron chi connectivity index (χ3n) is 7.95. The Bertz CT molecular complexity index is 2080. The van der Waals surface area contributed by atoms with Gasteiger partial charge in [0.05, 0.1) is 28.2 Å². The molecule has 4 heteroatoms. The molecule has 4 aromatic carbocycles. The lowest BCUT2D eigenvalue weighted by Gasteiger charge is -2.25. The van der Waals surface area contributed by atoms with Gasteiger partial charge < -0.3 is 4.42 Å². The number of hydrogen-bond donors (Lipinski definition) is 0. The molecule has 168 valence electrons. The highest BCUT2D eigenvalue weighted by Crippen LogP contribution is 2.53. The van der Waals surface area contributed by atoms with Crippen molar-refractivity contribution in [2.45, 2.75) is 11.8 Å². The molecule has 0 fully saturated rings. The first-order chi connectivity index (χ1) is 17.8. The van der Waals surface area contributed by atoms with Crippen molar-refractivity contribution in [3.63, 3.8) is 0 Å². The van der Waals surface area contributed by atoms with Crippen molar-refractivity contribution < 1.29 is 4.42 Å². The minimum absolute atomic E-state index is 0.0973. The summed E-state index contributed by atoms with van der Waals surface area (Å²) >= 11 is 0. The highest BCUT2D eigenvalue weighted by atomic mass is 16.3. The van der Waals surface area contributed by atoms with Gasteiger partial charge in [0.2, 0.25) is 0 Å². The number of aromatic nitrogens is 3. The van der Waals surface area contributed by atoms with Crippen molar-refractivity contribution in [2.24, 2.45) is 0 Å². The quantitative estimate of drug-likeness (QED) is 0.251. The summed E-state index contributed by atoms with van der Waals surface area (Å²) < 4.78 is 8.47. The first-order valence-corrected chi connectivity index (χ1v) is 12.3. The summed E-state index contributed by atoms with van der Waals surface area (Å²) in [7, 11) is 0. The lowest BCUT2D eigenvalue weighted by molar-refractivity contribution is 0.667. The van der Waals surface area contributed by atoms with Gasteiger partial charge in [0.1, 0.15) is 11.2 Å². The van der Waals surface area contributed by atoms with E-state index in [0.717, 1.165) is 44.5 Å². The van der Waals surface area contributed by atoms with Crippen molar-refractivity contribution in [2.75, 3.05) is 0 Å². The molecule has 36 heavy (non-hydrogen) atoms. The second-order valence-electron chi connectivity index (χ2n) is 9.79. The van der Waals surface area contributed by atoms with Crippen LogP contribution in [0.5, 0.6) is 0 Å². The summed E-state index contributed by atoms with van der Waals surface area (Å²) in [5.74, 6) is 1.20. The van der Waals surface area contributed by atoms with Gasteiger partial charge in [-0.25, -0.2) is 9.97 Å². The van der Waals surface area contributed by atoms with E-state index in [1.807, 2.05) is 24.3 Å². The molecule has 1 aliphatic heterocycles. The Morgan fingerprint density at radius 3 is 2.36 bits per heavy atom. The first kappa shape index (κ1) is 18.6. The van der Waals surface area contributed by atoms with Gasteiger partial charge in [-0.15, -0.1) is 0 Å². The van der Waals surface area contributed by atoms with Crippen LogP contribution >= 0.6 is 0 Å². The number of allylic oxidation sites excluding steroid dienone is 1. The number of benzene rings is 4. The number of nitrogens with zero attached hydrogens (tertiary/aromatic N) is 3. The Balaban J connectivity index is 1.34. The maximum Gasteiger partial charge on any atom is 0.160 e. The van der Waals surface area contributed by atoms with Gasteiger partial charge in [0.25, 0.3) is 0 Å². The third-order valence-corrected chi connectivity index (χ3v) is 7.95. The van der Waals surface area contributed by atoms with Crippen LogP contribution in [-0.4, -0.2) is 14.5 Å². The van der Waals surface area contributed by atoms with Gasteiger partial charge in [-0.1, -0.05) is 66.7 Å². The van der Waals surface area contributed by atoms with E-state index < -0.39 is 0 Å². The van der Waals surface area contributed by atoms with Crippen LogP contribution < -0.4 is 0 Å². The molecule has 4 heterocycles. The normalized spacial score (nSPS) is 17.9. The van der Waals surface area contributed by atoms with Crippen LogP contribution in [0, 0.1) is 0 Å². The molecule has 3 aromatic heterocycles. The van der Waals surface area contributed by atoms with Gasteiger partial charge in [0, 0.05) is 33.3 Å². The topological polar surface area (TPSA) is 43.9 Å². The third kappa shape index (κ3) is 2.24. The summed E-state index contributed by atoms with van der Waals surface area (Å²) in [5, 5.41) is 3.58. The molecule has 9 rings (SSSR count). The van der Waals surface area contributed by atoms with E-state index in [-0.39, 0.29) is 11.8 Å². The number of para-hydroxylation sites is 4. The largest absolute Gasteiger partial charge is 0.456 e. The zero-order chi connectivity index (χ0) is 23.4. The zero-order valence-corrected chi connectivity index (χ0v) is 19.2. The molecular formula is C32H19N3O. The number of hydrogen-bond acceptors (Lipinski definition) is 3. The van der Waals surface area contributed by atoms with Gasteiger partial charge in [-0.05, 0) is 42.0 Å². The lowest BCUT2D eigenvalue weighted by atomic mass is 9.77. The van der Waals surface area contributed by atoms with Crippen LogP contribution in [-0.2, 0) is 0 Å². The van der Waals surface area contributed by atoms with Crippen molar-refractivity contribution in [3.05, 3.63) is 120 Å². The molecule has 1 aliphatic carbocycles. The molecule has 0 saturated heterocycles. The summed E-state index contributed by atoms with van der Waals surface area (Å²) in [6.07, 6.45) is 4.66. The molecule has 0 saturated carbocycles. The van der Waals surface area contributed by atoms with E-state index >= 15 is 0 Å². The van der Waals surface area contributed by atoms with Gasteiger partial charge in [-0.3, -0.25) is 4.57 Å². The van der Waals surface area contributed by atoms with E-state index in [1.165, 1.54) is 27.7 Å². The molecule has 0 spiro atoms. The van der Waals surface area contributed by atoms with Crippen molar-refractivity contribution in [3.8, 4) is 5.82 Å². The Labute approximate surface area is 206 Å². The van der Waals surface area contributed by atoms with E-state index in [1.54, 1.807) is 0 Å². The lowest BCUT2D eigenvalue weighted by Crippen LogP contribution is -2.14. The Hall–Kier alpha value is -4.70. The molecule has 7 aromatic rings. The van der Waals surface area contributed by atoms with Crippen LogP contribution in [0.3, 0.4) is 0 Å². The van der Waals surface area contributed by atoms with Crippen molar-refractivity contribution in [1.82, 2.24) is 14.5 Å². The molecule has 2 aliphatic rings. The minimum Gasteiger partial charge on any atom is -0.456 e. The average Bonchev–Trinajstić information content (AvgIpc) is 3.58. The van der Waals surface area contributed by atoms with Crippen LogP contribution in [0.4, 0.5) is 0 Å². The van der Waals surface area contributed by atoms with Crippen molar-refractivity contribution >= 4 is 50.0 Å². The Morgan fingerprint density at radius 1 is 0.694 bits per heavy atom. The fraction of sp³-hybridized carbons (Fsp3) is 0.0625. The zero-order valence-electron chi connectivity index (χ0n) is 19.2. The first-order valence-electron chi connectivity index (χ1n) is 12.3. The minimum atomic E-state index is 0.0973. The summed E-state index contributed by atoms with van der Waals surface area (Å²) in [5.41, 5.74) is 9.81. The monoisotopic (exact) mass is 461 g/mol. The predicted molar refractivity (Wildman–Crippen MR) is 144 cm³/mol. The molecular weight excluding hydrogens is 442 g/mol. The predicted octanol–water partition coefficient (Wildman–Crippen LogP) is 7.73. The van der Waals surface area contributed by atoms with Crippen molar-refractivity contribution in [1.29, 1.82) is 0 Å². The Morgan fingerprint density at radius 2 is 1.44 bits per heavy atom. The fourth-order valence-electron chi connectivity index (χ4n) is 6.41. The summed E-state index contributed by atoms with van der Waals surface area (Å²) in [6, 6.07) is 31.7. The van der Waals surface area contributed by atoms with E-state index in [2.05, 4.69) is 83.4 Å². The molecule has 0 amide bonds. The molecule has 2 atom stereocenters. The summed E-state index contributed by atoms with van der Waals surface area (Å²) in [4.78, 5) is 10.4. The highest BCUT2D eigenvalue weighted by Gasteiger charge is 2.42. The fourth-order valence-corrected chi connectivity index (χ4v) is 6.41. The smallest absolute Gasteiger partial charge is 0.160 e. The van der Waals surface area contributed by atoms with Gasteiger partial charge in [-0.2, -0.15) is 0 Å². The molecule has 4 nitrogen and oxygen atoms in total. The SMILES string of the molecule is C1=CC(c2ccc3oc4ccccc4c3c2)C2c3nc4ccccc4nc3-n3c2c1c1ccccc13. The Kier molecular flexibility index (Phi) is 3.36. The van der Waals surface area contributed by atoms with E-state index in [0.29, 0.717) is 0 Å². The number of furan rings is 1. The standard InChI is InChI=1S/C32H19N3O/c1-5-11-26-20(7-1)22-15-14-19(18-13-16-28-23(17-18)21-8-2-6-12-27(21)36-28)29-30-32(35(26)31(22)29)34-25-10-4-3-9-24(25)33-30/h1-17,19,29H. The average molecular weight is 462 g/mol. The molecule has 0 radical (unpaired) electrons. The van der Waals surface area contributed by atoms with E-state index in [9.17, 15) is 0 Å². The number of rotatable bonds is 1. The second kappa shape index (κ2) is 6.49. The van der Waals surface area contributed by atoms with Crippen LogP contribution in [0.15, 0.2) is 101 Å². The highest BCUT2D eigenvalue weighted by molar-refractivity contribution is 6.05. The van der Waals surface area contributed by atoms with Crippen LogP contribution in [0.1, 0.15) is 34.4 Å². The van der Waals surface area contributed by atoms with Crippen LogP contribution in [0.2, 0.25) is 0 Å². The number of fused-ring (bicyclic) bond motifs is 10. The van der Waals surface area contributed by atoms with Crippen LogP contribution in [0.25, 0.3) is 55.8 Å². The van der Waals surface area contributed by atoms with Gasteiger partial charge >= 0.3 is 0 Å². The maximum atomic E-state index is 6.11. The summed E-state index contributed by atoms with van der Waals surface area (Å²) in [6.45, 7) is 0. The molecule has 0 N–H and O–H groups in total. The molecule has 0 bridgehead atoms. The van der Waals surface area contributed by atoms with E-state index in [4.69, 9.17) is 14.4 Å².